The van der Waals surface area contributed by atoms with Gasteiger partial charge in [-0.05, 0) is 25.2 Å². The molecule has 0 radical (unpaired) electrons. The van der Waals surface area contributed by atoms with E-state index in [1.54, 1.807) is 0 Å². The minimum absolute atomic E-state index is 0.0612. The van der Waals surface area contributed by atoms with Gasteiger partial charge in [0.2, 0.25) is 0 Å². The minimum atomic E-state index is -0.762. The van der Waals surface area contributed by atoms with Crippen LogP contribution in [0.3, 0.4) is 0 Å². The number of carbonyl (C=O) groups is 3. The number of hydrogen-bond donors (Lipinski definition) is 0. The first-order valence-electron chi connectivity index (χ1n) is 31.9. The SMILES string of the molecule is CCCCCCCCCCCCCCCCCCCCC(=O)O[C@@H](COC(=O)CCCCCCCCCCCCCC)COC(=O)CCCCCCCCCCCCCCCCCCCCC(C)CC. The Balaban J connectivity index is 4.22. The molecule has 0 aliphatic carbocycles. The van der Waals surface area contributed by atoms with Gasteiger partial charge in [0.1, 0.15) is 13.2 Å². The lowest BCUT2D eigenvalue weighted by Gasteiger charge is -2.18. The summed E-state index contributed by atoms with van der Waals surface area (Å²) in [5.41, 5.74) is 0. The molecule has 6 nitrogen and oxygen atoms in total. The van der Waals surface area contributed by atoms with E-state index >= 15 is 0 Å². The number of ether oxygens (including phenoxy) is 3. The highest BCUT2D eigenvalue weighted by Crippen LogP contribution is 2.19. The summed E-state index contributed by atoms with van der Waals surface area (Å²) < 4.78 is 16.9. The second kappa shape index (κ2) is 58.3. The standard InChI is InChI=1S/C64H124O6/c1-5-8-10-12-14-16-18-20-21-22-26-30-33-37-41-45-49-53-57-64(67)70-61(58-68-62(65)55-51-47-43-39-35-19-17-15-13-11-9-6-2)59-69-63(66)56-52-48-44-40-36-32-29-27-24-23-25-28-31-34-38-42-46-50-54-60(4)7-3/h60-61H,5-59H2,1-4H3/t60?,61-/m0/s1. The Labute approximate surface area is 438 Å². The summed E-state index contributed by atoms with van der Waals surface area (Å²) in [7, 11) is 0. The molecular weight excluding hydrogens is 865 g/mol. The van der Waals surface area contributed by atoms with Gasteiger partial charge in [-0.3, -0.25) is 14.4 Å². The molecule has 0 rings (SSSR count). The van der Waals surface area contributed by atoms with Crippen LogP contribution in [0, 0.1) is 5.92 Å². The highest BCUT2D eigenvalue weighted by molar-refractivity contribution is 5.71. The lowest BCUT2D eigenvalue weighted by atomic mass is 9.99. The van der Waals surface area contributed by atoms with Crippen molar-refractivity contribution in [3.8, 4) is 0 Å². The monoisotopic (exact) mass is 989 g/mol. The number of rotatable bonds is 59. The van der Waals surface area contributed by atoms with Crippen molar-refractivity contribution in [1.29, 1.82) is 0 Å². The van der Waals surface area contributed by atoms with Crippen LogP contribution in [0.5, 0.6) is 0 Å². The van der Waals surface area contributed by atoms with E-state index in [-0.39, 0.29) is 31.1 Å². The number of carbonyl (C=O) groups excluding carboxylic acids is 3. The predicted octanol–water partition coefficient (Wildman–Crippen LogP) is 21.4. The predicted molar refractivity (Wildman–Crippen MR) is 303 cm³/mol. The van der Waals surface area contributed by atoms with E-state index < -0.39 is 6.10 Å². The maximum atomic E-state index is 12.9. The van der Waals surface area contributed by atoms with Crippen LogP contribution in [0.1, 0.15) is 368 Å². The van der Waals surface area contributed by atoms with Crippen molar-refractivity contribution >= 4 is 17.9 Å². The van der Waals surface area contributed by atoms with Crippen molar-refractivity contribution < 1.29 is 28.6 Å². The van der Waals surface area contributed by atoms with Gasteiger partial charge < -0.3 is 14.2 Å². The normalized spacial score (nSPS) is 12.3. The number of unbranched alkanes of at least 4 members (excludes halogenated alkanes) is 45. The van der Waals surface area contributed by atoms with Gasteiger partial charge in [-0.15, -0.1) is 0 Å². The fraction of sp³-hybridized carbons (Fsp3) is 0.953. The summed E-state index contributed by atoms with van der Waals surface area (Å²) in [6.45, 7) is 9.12. The van der Waals surface area contributed by atoms with Gasteiger partial charge in [-0.1, -0.05) is 329 Å². The van der Waals surface area contributed by atoms with Crippen molar-refractivity contribution in [2.45, 2.75) is 374 Å². The molecule has 0 spiro atoms. The molecule has 0 aromatic heterocycles. The second-order valence-corrected chi connectivity index (χ2v) is 22.3. The smallest absolute Gasteiger partial charge is 0.306 e. The second-order valence-electron chi connectivity index (χ2n) is 22.3. The quantitative estimate of drug-likeness (QED) is 0.0343. The summed E-state index contributed by atoms with van der Waals surface area (Å²) in [5, 5.41) is 0. The first kappa shape index (κ1) is 68.4. The van der Waals surface area contributed by atoms with Crippen LogP contribution in [0.15, 0.2) is 0 Å². The molecule has 0 saturated heterocycles. The molecule has 0 fully saturated rings. The molecule has 70 heavy (non-hydrogen) atoms. The average molecular weight is 990 g/mol. The first-order chi connectivity index (χ1) is 34.4. The van der Waals surface area contributed by atoms with Crippen LogP contribution in [0.25, 0.3) is 0 Å². The Morgan fingerprint density at radius 1 is 0.286 bits per heavy atom. The molecule has 416 valence electrons. The third kappa shape index (κ3) is 55.7. The van der Waals surface area contributed by atoms with E-state index in [2.05, 4.69) is 27.7 Å². The zero-order valence-electron chi connectivity index (χ0n) is 48.0. The minimum Gasteiger partial charge on any atom is -0.462 e. The lowest BCUT2D eigenvalue weighted by Crippen LogP contribution is -2.30. The molecule has 1 unspecified atom stereocenters. The summed E-state index contributed by atoms with van der Waals surface area (Å²) in [5.74, 6) is 0.0813. The fourth-order valence-electron chi connectivity index (χ4n) is 9.95. The molecule has 6 heteroatoms. The van der Waals surface area contributed by atoms with Crippen molar-refractivity contribution in [2.75, 3.05) is 13.2 Å². The van der Waals surface area contributed by atoms with E-state index in [4.69, 9.17) is 14.2 Å². The van der Waals surface area contributed by atoms with Crippen molar-refractivity contribution in [3.05, 3.63) is 0 Å². The van der Waals surface area contributed by atoms with E-state index in [1.165, 1.54) is 263 Å². The summed E-state index contributed by atoms with van der Waals surface area (Å²) >= 11 is 0. The molecule has 0 aliphatic heterocycles. The van der Waals surface area contributed by atoms with Crippen LogP contribution in [-0.2, 0) is 28.6 Å². The molecule has 0 aromatic carbocycles. The van der Waals surface area contributed by atoms with Gasteiger partial charge in [-0.2, -0.15) is 0 Å². The molecule has 0 saturated carbocycles. The lowest BCUT2D eigenvalue weighted by molar-refractivity contribution is -0.167. The van der Waals surface area contributed by atoms with Gasteiger partial charge in [-0.25, -0.2) is 0 Å². The molecule has 0 N–H and O–H groups in total. The van der Waals surface area contributed by atoms with E-state index in [0.29, 0.717) is 19.3 Å². The average Bonchev–Trinajstić information content (AvgIpc) is 3.36. The molecule has 0 heterocycles. The Kier molecular flexibility index (Phi) is 57.0. The molecular formula is C64H124O6. The maximum Gasteiger partial charge on any atom is 0.306 e. The van der Waals surface area contributed by atoms with Crippen LogP contribution in [0.2, 0.25) is 0 Å². The Morgan fingerprint density at radius 3 is 0.743 bits per heavy atom. The molecule has 0 bridgehead atoms. The highest BCUT2D eigenvalue weighted by atomic mass is 16.6. The Hall–Kier alpha value is -1.59. The van der Waals surface area contributed by atoms with Gasteiger partial charge >= 0.3 is 17.9 Å². The fourth-order valence-corrected chi connectivity index (χ4v) is 9.95. The van der Waals surface area contributed by atoms with Crippen LogP contribution >= 0.6 is 0 Å². The van der Waals surface area contributed by atoms with Crippen molar-refractivity contribution in [1.82, 2.24) is 0 Å². The van der Waals surface area contributed by atoms with Crippen LogP contribution in [0.4, 0.5) is 0 Å². The van der Waals surface area contributed by atoms with Crippen molar-refractivity contribution in [2.24, 2.45) is 5.92 Å². The third-order valence-electron chi connectivity index (χ3n) is 15.2. The van der Waals surface area contributed by atoms with Crippen LogP contribution in [-0.4, -0.2) is 37.2 Å². The molecule has 0 amide bonds. The molecule has 0 aliphatic rings. The third-order valence-corrected chi connectivity index (χ3v) is 15.2. The topological polar surface area (TPSA) is 78.9 Å². The number of esters is 3. The zero-order valence-corrected chi connectivity index (χ0v) is 48.0. The zero-order chi connectivity index (χ0) is 50.9. The van der Waals surface area contributed by atoms with E-state index in [0.717, 1.165) is 63.7 Å². The van der Waals surface area contributed by atoms with Gasteiger partial charge in [0.05, 0.1) is 0 Å². The summed E-state index contributed by atoms with van der Waals surface area (Å²) in [6.07, 6.45) is 65.3. The van der Waals surface area contributed by atoms with Gasteiger partial charge in [0.25, 0.3) is 0 Å². The highest BCUT2D eigenvalue weighted by Gasteiger charge is 2.19. The first-order valence-corrected chi connectivity index (χ1v) is 31.9. The summed E-state index contributed by atoms with van der Waals surface area (Å²) in [6, 6.07) is 0. The molecule has 2 atom stereocenters. The summed E-state index contributed by atoms with van der Waals surface area (Å²) in [4.78, 5) is 38.2. The Bertz CT molecular complexity index is 1060. The largest absolute Gasteiger partial charge is 0.462 e. The van der Waals surface area contributed by atoms with Crippen molar-refractivity contribution in [3.63, 3.8) is 0 Å². The van der Waals surface area contributed by atoms with E-state index in [1.807, 2.05) is 0 Å². The Morgan fingerprint density at radius 2 is 0.500 bits per heavy atom. The number of hydrogen-bond acceptors (Lipinski definition) is 6. The molecule has 0 aromatic rings. The van der Waals surface area contributed by atoms with Gasteiger partial charge in [0, 0.05) is 19.3 Å². The maximum absolute atomic E-state index is 12.9. The van der Waals surface area contributed by atoms with E-state index in [9.17, 15) is 14.4 Å². The van der Waals surface area contributed by atoms with Gasteiger partial charge in [0.15, 0.2) is 6.10 Å². The van der Waals surface area contributed by atoms with Crippen LogP contribution < -0.4 is 0 Å².